The minimum Gasteiger partial charge on any atom is -0.496 e. The number of ether oxygens (including phenoxy) is 1. The quantitative estimate of drug-likeness (QED) is 0.497. The summed E-state index contributed by atoms with van der Waals surface area (Å²) in [5, 5.41) is 11.3. The summed E-state index contributed by atoms with van der Waals surface area (Å²) in [7, 11) is 1.61. The van der Waals surface area contributed by atoms with Crippen molar-refractivity contribution in [2.24, 2.45) is 5.10 Å². The van der Waals surface area contributed by atoms with Gasteiger partial charge in [-0.2, -0.15) is 10.2 Å². The standard InChI is InChI=1S/C20H17ClN4O2/c1-27-19-11-5-2-7-14(19)8-6-12-22-25-20(26)18-13-17(23-24-18)15-9-3-4-10-16(15)21/h2-13H,1H3,(H,23,24)(H,25,26). The molecule has 0 saturated carbocycles. The molecule has 0 aliphatic heterocycles. The molecule has 0 radical (unpaired) electrons. The number of H-pyrrole nitrogens is 1. The molecule has 1 heterocycles. The van der Waals surface area contributed by atoms with Crippen LogP contribution < -0.4 is 10.2 Å². The SMILES string of the molecule is COc1ccccc1C=CC=NNC(=O)c1cc(-c2ccccc2Cl)n[nH]1. The Balaban J connectivity index is 1.61. The molecule has 136 valence electrons. The van der Waals surface area contributed by atoms with Crippen molar-refractivity contribution in [3.8, 4) is 17.0 Å². The Morgan fingerprint density at radius 2 is 2.00 bits per heavy atom. The van der Waals surface area contributed by atoms with Crippen molar-refractivity contribution in [3.63, 3.8) is 0 Å². The molecule has 2 N–H and O–H groups in total. The monoisotopic (exact) mass is 380 g/mol. The van der Waals surface area contributed by atoms with Crippen molar-refractivity contribution in [2.45, 2.75) is 0 Å². The number of carbonyl (C=O) groups is 1. The van der Waals surface area contributed by atoms with Crippen LogP contribution in [0.25, 0.3) is 17.3 Å². The molecule has 6 nitrogen and oxygen atoms in total. The average Bonchev–Trinajstić information content (AvgIpc) is 3.18. The third-order valence-electron chi connectivity index (χ3n) is 3.71. The zero-order valence-corrected chi connectivity index (χ0v) is 15.3. The fourth-order valence-corrected chi connectivity index (χ4v) is 2.63. The molecule has 0 saturated heterocycles. The van der Waals surface area contributed by atoms with Crippen LogP contribution in [0.4, 0.5) is 0 Å². The lowest BCUT2D eigenvalue weighted by Crippen LogP contribution is -2.17. The summed E-state index contributed by atoms with van der Waals surface area (Å²) in [5.74, 6) is 0.360. The lowest BCUT2D eigenvalue weighted by atomic mass is 10.1. The smallest absolute Gasteiger partial charge is 0.289 e. The van der Waals surface area contributed by atoms with E-state index in [1.807, 2.05) is 48.5 Å². The minimum absolute atomic E-state index is 0.288. The number of benzene rings is 2. The van der Waals surface area contributed by atoms with Gasteiger partial charge in [0.25, 0.3) is 5.91 Å². The molecule has 0 fully saturated rings. The molecule has 0 bridgehead atoms. The van der Waals surface area contributed by atoms with Crippen molar-refractivity contribution in [1.82, 2.24) is 15.6 Å². The van der Waals surface area contributed by atoms with Crippen LogP contribution in [0.5, 0.6) is 5.75 Å². The van der Waals surface area contributed by atoms with E-state index < -0.39 is 5.91 Å². The molecule has 27 heavy (non-hydrogen) atoms. The van der Waals surface area contributed by atoms with Gasteiger partial charge >= 0.3 is 0 Å². The Morgan fingerprint density at radius 3 is 2.81 bits per heavy atom. The summed E-state index contributed by atoms with van der Waals surface area (Å²) < 4.78 is 5.26. The van der Waals surface area contributed by atoms with Crippen LogP contribution in [0.3, 0.4) is 0 Å². The third-order valence-corrected chi connectivity index (χ3v) is 4.04. The van der Waals surface area contributed by atoms with Crippen molar-refractivity contribution < 1.29 is 9.53 Å². The van der Waals surface area contributed by atoms with Crippen molar-refractivity contribution in [2.75, 3.05) is 7.11 Å². The number of carbonyl (C=O) groups excluding carboxylic acids is 1. The summed E-state index contributed by atoms with van der Waals surface area (Å²) in [6.45, 7) is 0. The highest BCUT2D eigenvalue weighted by atomic mass is 35.5. The van der Waals surface area contributed by atoms with Gasteiger partial charge in [0.15, 0.2) is 0 Å². The second kappa shape index (κ2) is 8.82. The van der Waals surface area contributed by atoms with Crippen LogP contribution in [0.2, 0.25) is 5.02 Å². The van der Waals surface area contributed by atoms with Crippen LogP contribution in [0.1, 0.15) is 16.1 Å². The number of amides is 1. The summed E-state index contributed by atoms with van der Waals surface area (Å²) >= 11 is 6.14. The van der Waals surface area contributed by atoms with Gasteiger partial charge in [-0.05, 0) is 30.4 Å². The molecule has 1 aromatic heterocycles. The lowest BCUT2D eigenvalue weighted by molar-refractivity contribution is 0.0950. The highest BCUT2D eigenvalue weighted by Crippen LogP contribution is 2.26. The Labute approximate surface area is 161 Å². The molecule has 0 unspecified atom stereocenters. The van der Waals surface area contributed by atoms with Gasteiger partial charge in [0.05, 0.1) is 17.8 Å². The number of methoxy groups -OCH3 is 1. The van der Waals surface area contributed by atoms with Gasteiger partial charge in [0.2, 0.25) is 0 Å². The maximum absolute atomic E-state index is 12.1. The van der Waals surface area contributed by atoms with Gasteiger partial charge in [-0.15, -0.1) is 0 Å². The topological polar surface area (TPSA) is 79.4 Å². The van der Waals surface area contributed by atoms with E-state index in [2.05, 4.69) is 20.7 Å². The van der Waals surface area contributed by atoms with Gasteiger partial charge in [-0.25, -0.2) is 5.43 Å². The largest absolute Gasteiger partial charge is 0.496 e. The Hall–Kier alpha value is -3.38. The fraction of sp³-hybridized carbons (Fsp3) is 0.0500. The summed E-state index contributed by atoms with van der Waals surface area (Å²) in [5.41, 5.74) is 4.97. The number of rotatable bonds is 6. The summed E-state index contributed by atoms with van der Waals surface area (Å²) in [4.78, 5) is 12.1. The predicted octanol–water partition coefficient (Wildman–Crippen LogP) is 4.17. The molecule has 2 aromatic carbocycles. The zero-order valence-electron chi connectivity index (χ0n) is 14.5. The second-order valence-electron chi connectivity index (χ2n) is 5.47. The summed E-state index contributed by atoms with van der Waals surface area (Å²) in [6.07, 6.45) is 5.02. The van der Waals surface area contributed by atoms with Gasteiger partial charge in [0, 0.05) is 17.3 Å². The highest BCUT2D eigenvalue weighted by molar-refractivity contribution is 6.33. The van der Waals surface area contributed by atoms with Gasteiger partial charge < -0.3 is 4.74 Å². The van der Waals surface area contributed by atoms with E-state index in [-0.39, 0.29) is 5.69 Å². The number of allylic oxidation sites excluding steroid dienone is 1. The normalized spacial score (nSPS) is 11.2. The summed E-state index contributed by atoms with van der Waals surface area (Å²) in [6, 6.07) is 16.5. The van der Waals surface area contributed by atoms with Crippen LogP contribution >= 0.6 is 11.6 Å². The fourth-order valence-electron chi connectivity index (χ4n) is 2.39. The Bertz CT molecular complexity index is 995. The molecular formula is C20H17ClN4O2. The highest BCUT2D eigenvalue weighted by Gasteiger charge is 2.11. The van der Waals surface area contributed by atoms with Crippen LogP contribution in [-0.4, -0.2) is 29.4 Å². The zero-order chi connectivity index (χ0) is 19.1. The number of hydrazone groups is 1. The number of hydrogen-bond donors (Lipinski definition) is 2. The first-order valence-electron chi connectivity index (χ1n) is 8.12. The number of para-hydroxylation sites is 1. The number of halogens is 1. The van der Waals surface area contributed by atoms with Gasteiger partial charge in [-0.3, -0.25) is 9.89 Å². The Morgan fingerprint density at radius 1 is 1.22 bits per heavy atom. The van der Waals surface area contributed by atoms with E-state index >= 15 is 0 Å². The maximum atomic E-state index is 12.1. The van der Waals surface area contributed by atoms with Crippen molar-refractivity contribution in [3.05, 3.63) is 77.0 Å². The molecule has 3 aromatic rings. The van der Waals surface area contributed by atoms with Crippen molar-refractivity contribution in [1.29, 1.82) is 0 Å². The molecule has 0 atom stereocenters. The van der Waals surface area contributed by atoms with Crippen LogP contribution in [-0.2, 0) is 0 Å². The van der Waals surface area contributed by atoms with E-state index in [0.717, 1.165) is 16.9 Å². The van der Waals surface area contributed by atoms with Crippen molar-refractivity contribution >= 4 is 29.8 Å². The molecule has 7 heteroatoms. The molecule has 0 aliphatic carbocycles. The van der Waals surface area contributed by atoms with E-state index in [1.54, 1.807) is 25.3 Å². The first-order chi connectivity index (χ1) is 13.2. The number of aromatic amines is 1. The van der Waals surface area contributed by atoms with Gasteiger partial charge in [0.1, 0.15) is 11.4 Å². The van der Waals surface area contributed by atoms with E-state index in [9.17, 15) is 4.79 Å². The van der Waals surface area contributed by atoms with Gasteiger partial charge in [-0.1, -0.05) is 48.0 Å². The molecule has 0 spiro atoms. The number of aromatic nitrogens is 2. The predicted molar refractivity (Wildman–Crippen MR) is 107 cm³/mol. The van der Waals surface area contributed by atoms with E-state index in [0.29, 0.717) is 10.7 Å². The lowest BCUT2D eigenvalue weighted by Gasteiger charge is -2.02. The minimum atomic E-state index is -0.400. The third kappa shape index (κ3) is 4.62. The second-order valence-corrected chi connectivity index (χ2v) is 5.87. The molecular weight excluding hydrogens is 364 g/mol. The maximum Gasteiger partial charge on any atom is 0.289 e. The Kier molecular flexibility index (Phi) is 6.02. The first kappa shape index (κ1) is 18.4. The van der Waals surface area contributed by atoms with Crippen LogP contribution in [0, 0.1) is 0 Å². The molecule has 3 rings (SSSR count). The molecule has 0 aliphatic rings. The van der Waals surface area contributed by atoms with E-state index in [1.165, 1.54) is 6.21 Å². The molecule has 1 amide bonds. The average molecular weight is 381 g/mol. The van der Waals surface area contributed by atoms with E-state index in [4.69, 9.17) is 16.3 Å². The first-order valence-corrected chi connectivity index (χ1v) is 8.50. The number of hydrogen-bond acceptors (Lipinski definition) is 4. The van der Waals surface area contributed by atoms with Crippen LogP contribution in [0.15, 0.2) is 65.8 Å². The number of nitrogens with zero attached hydrogens (tertiary/aromatic N) is 2. The number of nitrogens with one attached hydrogen (secondary N) is 2.